The number of aromatic nitrogens is 2. The minimum Gasteiger partial charge on any atom is -0.383 e. The summed E-state index contributed by atoms with van der Waals surface area (Å²) in [6.45, 7) is 10.9. The Morgan fingerprint density at radius 1 is 0.939 bits per heavy atom. The van der Waals surface area contributed by atoms with Gasteiger partial charge in [-0.25, -0.2) is 4.79 Å². The number of benzene rings is 1. The molecule has 0 aliphatic heterocycles. The SMILES string of the molecule is CCCCN(CC)c1ccc(C(=O)N(CCCC)c2c(N)n(CCCC)c(=O)[nH]c2=O)cc1. The summed E-state index contributed by atoms with van der Waals surface area (Å²) >= 11 is 0. The van der Waals surface area contributed by atoms with Gasteiger partial charge < -0.3 is 15.5 Å². The molecule has 0 unspecified atom stereocenters. The van der Waals surface area contributed by atoms with Crippen molar-refractivity contribution in [3.8, 4) is 0 Å². The second kappa shape index (κ2) is 12.9. The summed E-state index contributed by atoms with van der Waals surface area (Å²) in [4.78, 5) is 44.6. The summed E-state index contributed by atoms with van der Waals surface area (Å²) in [5, 5.41) is 0. The second-order valence-electron chi connectivity index (χ2n) is 8.29. The normalized spacial score (nSPS) is 10.9. The van der Waals surface area contributed by atoms with Gasteiger partial charge in [0.2, 0.25) is 0 Å². The molecule has 3 N–H and O–H groups in total. The number of rotatable bonds is 13. The number of anilines is 3. The van der Waals surface area contributed by atoms with Crippen molar-refractivity contribution in [2.24, 2.45) is 0 Å². The fraction of sp³-hybridized carbons (Fsp3) is 0.560. The van der Waals surface area contributed by atoms with Crippen LogP contribution in [0.1, 0.15) is 76.6 Å². The molecule has 0 aliphatic rings. The van der Waals surface area contributed by atoms with E-state index in [2.05, 4.69) is 23.7 Å². The molecule has 0 spiro atoms. The lowest BCUT2D eigenvalue weighted by atomic mass is 10.1. The van der Waals surface area contributed by atoms with Crippen LogP contribution in [0.15, 0.2) is 33.9 Å². The van der Waals surface area contributed by atoms with Crippen molar-refractivity contribution < 1.29 is 4.79 Å². The summed E-state index contributed by atoms with van der Waals surface area (Å²) < 4.78 is 1.35. The van der Waals surface area contributed by atoms with Gasteiger partial charge >= 0.3 is 5.69 Å². The number of nitrogens with zero attached hydrogens (tertiary/aromatic N) is 3. The molecule has 0 atom stereocenters. The van der Waals surface area contributed by atoms with E-state index in [0.29, 0.717) is 25.1 Å². The monoisotopic (exact) mass is 457 g/mol. The third kappa shape index (κ3) is 6.49. The highest BCUT2D eigenvalue weighted by Gasteiger charge is 2.25. The van der Waals surface area contributed by atoms with Crippen molar-refractivity contribution >= 4 is 23.1 Å². The standard InChI is InChI=1S/C25H39N5O3/c1-5-9-16-28(8-4)20-14-12-19(13-15-20)24(32)29(17-10-6-2)21-22(26)30(18-11-7-3)25(33)27-23(21)31/h12-15H,5-11,16-18,26H2,1-4H3,(H,27,31,33). The van der Waals surface area contributed by atoms with Gasteiger partial charge in [-0.1, -0.05) is 40.0 Å². The molecule has 0 bridgehead atoms. The fourth-order valence-electron chi connectivity index (χ4n) is 3.80. The molecule has 1 aromatic carbocycles. The number of nitrogen functional groups attached to an aromatic ring is 1. The highest BCUT2D eigenvalue weighted by Crippen LogP contribution is 2.22. The van der Waals surface area contributed by atoms with Crippen LogP contribution in [0.5, 0.6) is 0 Å². The number of carbonyl (C=O) groups is 1. The van der Waals surface area contributed by atoms with E-state index in [1.165, 1.54) is 9.47 Å². The van der Waals surface area contributed by atoms with Crippen LogP contribution in [-0.4, -0.2) is 35.1 Å². The van der Waals surface area contributed by atoms with Crippen LogP contribution in [0.3, 0.4) is 0 Å². The van der Waals surface area contributed by atoms with Crippen LogP contribution in [-0.2, 0) is 6.54 Å². The first-order valence-electron chi connectivity index (χ1n) is 12.2. The Balaban J connectivity index is 2.44. The van der Waals surface area contributed by atoms with Gasteiger partial charge in [-0.2, -0.15) is 0 Å². The van der Waals surface area contributed by atoms with Crippen LogP contribution in [0.25, 0.3) is 0 Å². The smallest absolute Gasteiger partial charge is 0.330 e. The number of carbonyl (C=O) groups excluding carboxylic acids is 1. The number of unbranched alkanes of at least 4 members (excludes halogenated alkanes) is 3. The van der Waals surface area contributed by atoms with Crippen molar-refractivity contribution in [2.75, 3.05) is 35.2 Å². The van der Waals surface area contributed by atoms with Gasteiger partial charge in [0.05, 0.1) is 0 Å². The average Bonchev–Trinajstić information content (AvgIpc) is 2.81. The van der Waals surface area contributed by atoms with Gasteiger partial charge in [0.25, 0.3) is 11.5 Å². The topological polar surface area (TPSA) is 104 Å². The molecule has 8 nitrogen and oxygen atoms in total. The Hall–Kier alpha value is -3.03. The lowest BCUT2D eigenvalue weighted by Gasteiger charge is -2.25. The van der Waals surface area contributed by atoms with Crippen LogP contribution in [0.2, 0.25) is 0 Å². The number of nitrogens with one attached hydrogen (secondary N) is 1. The molecule has 1 heterocycles. The second-order valence-corrected chi connectivity index (χ2v) is 8.29. The van der Waals surface area contributed by atoms with Crippen molar-refractivity contribution in [3.63, 3.8) is 0 Å². The van der Waals surface area contributed by atoms with Gasteiger partial charge in [-0.3, -0.25) is 19.1 Å². The molecule has 0 saturated heterocycles. The first kappa shape index (κ1) is 26.2. The van der Waals surface area contributed by atoms with Gasteiger partial charge in [0.1, 0.15) is 5.82 Å². The Bertz CT molecular complexity index is 1010. The quantitative estimate of drug-likeness (QED) is 0.473. The number of nitrogens with two attached hydrogens (primary N) is 1. The zero-order valence-electron chi connectivity index (χ0n) is 20.5. The van der Waals surface area contributed by atoms with Crippen molar-refractivity contribution in [3.05, 3.63) is 50.7 Å². The van der Waals surface area contributed by atoms with Crippen LogP contribution < -0.4 is 26.8 Å². The van der Waals surface area contributed by atoms with E-state index in [0.717, 1.165) is 50.9 Å². The number of aromatic amines is 1. The molecule has 8 heteroatoms. The molecule has 2 rings (SSSR count). The van der Waals surface area contributed by atoms with E-state index in [9.17, 15) is 14.4 Å². The molecule has 182 valence electrons. The van der Waals surface area contributed by atoms with E-state index in [-0.39, 0.29) is 17.4 Å². The third-order valence-corrected chi connectivity index (χ3v) is 5.84. The maximum atomic E-state index is 13.5. The molecule has 0 aliphatic carbocycles. The molecular formula is C25H39N5O3. The molecule has 33 heavy (non-hydrogen) atoms. The highest BCUT2D eigenvalue weighted by atomic mass is 16.2. The molecule has 1 aromatic heterocycles. The van der Waals surface area contributed by atoms with E-state index >= 15 is 0 Å². The maximum Gasteiger partial charge on any atom is 0.330 e. The van der Waals surface area contributed by atoms with Gasteiger partial charge in [0.15, 0.2) is 5.69 Å². The molecule has 0 fully saturated rings. The fourth-order valence-corrected chi connectivity index (χ4v) is 3.80. The number of hydrogen-bond acceptors (Lipinski definition) is 5. The zero-order chi connectivity index (χ0) is 24.4. The Labute approximate surface area is 196 Å². The predicted molar refractivity (Wildman–Crippen MR) is 136 cm³/mol. The first-order valence-corrected chi connectivity index (χ1v) is 12.2. The maximum absolute atomic E-state index is 13.5. The Morgan fingerprint density at radius 2 is 1.55 bits per heavy atom. The largest absolute Gasteiger partial charge is 0.383 e. The number of amides is 1. The average molecular weight is 458 g/mol. The van der Waals surface area contributed by atoms with E-state index < -0.39 is 11.2 Å². The zero-order valence-corrected chi connectivity index (χ0v) is 20.5. The van der Waals surface area contributed by atoms with Crippen LogP contribution in [0, 0.1) is 0 Å². The summed E-state index contributed by atoms with van der Waals surface area (Å²) in [6.07, 6.45) is 5.39. The highest BCUT2D eigenvalue weighted by molar-refractivity contribution is 6.07. The third-order valence-electron chi connectivity index (χ3n) is 5.84. The van der Waals surface area contributed by atoms with Gasteiger partial charge in [-0.15, -0.1) is 0 Å². The molecule has 0 saturated carbocycles. The van der Waals surface area contributed by atoms with Crippen LogP contribution in [0.4, 0.5) is 17.2 Å². The van der Waals surface area contributed by atoms with Gasteiger partial charge in [0, 0.05) is 37.4 Å². The van der Waals surface area contributed by atoms with Crippen LogP contribution >= 0.6 is 0 Å². The first-order chi connectivity index (χ1) is 15.9. The van der Waals surface area contributed by atoms with E-state index in [4.69, 9.17) is 5.73 Å². The lowest BCUT2D eigenvalue weighted by molar-refractivity contribution is 0.0986. The van der Waals surface area contributed by atoms with E-state index in [1.54, 1.807) is 12.1 Å². The minimum absolute atomic E-state index is 0.0370. The van der Waals surface area contributed by atoms with Crippen molar-refractivity contribution in [1.29, 1.82) is 0 Å². The lowest BCUT2D eigenvalue weighted by Crippen LogP contribution is -2.41. The summed E-state index contributed by atoms with van der Waals surface area (Å²) in [5.74, 6) is -0.264. The van der Waals surface area contributed by atoms with E-state index in [1.807, 2.05) is 26.0 Å². The summed E-state index contributed by atoms with van der Waals surface area (Å²) in [5.41, 5.74) is 6.69. The molecule has 1 amide bonds. The van der Waals surface area contributed by atoms with Crippen molar-refractivity contribution in [1.82, 2.24) is 9.55 Å². The van der Waals surface area contributed by atoms with Gasteiger partial charge in [-0.05, 0) is 50.5 Å². The Kier molecular flexibility index (Phi) is 10.2. The number of hydrogen-bond donors (Lipinski definition) is 2. The molecule has 0 radical (unpaired) electrons. The van der Waals surface area contributed by atoms with Crippen molar-refractivity contribution in [2.45, 2.75) is 72.8 Å². The summed E-state index contributed by atoms with van der Waals surface area (Å²) in [6, 6.07) is 7.48. The predicted octanol–water partition coefficient (Wildman–Crippen LogP) is 3.99. The molecular weight excluding hydrogens is 418 g/mol. The number of H-pyrrole nitrogens is 1. The minimum atomic E-state index is -0.636. The summed E-state index contributed by atoms with van der Waals surface area (Å²) in [7, 11) is 0. The Morgan fingerprint density at radius 3 is 2.12 bits per heavy atom. The molecule has 2 aromatic rings.